The molecule has 60 valence electrons. The minimum Gasteiger partial charge on any atom is -0.411 e. The van der Waals surface area contributed by atoms with E-state index in [1.165, 1.54) is 19.2 Å². The van der Waals surface area contributed by atoms with Crippen molar-refractivity contribution in [3.05, 3.63) is 6.39 Å². The Bertz CT molecular complexity index is 228. The van der Waals surface area contributed by atoms with Gasteiger partial charge in [0.15, 0.2) is 0 Å². The van der Waals surface area contributed by atoms with Gasteiger partial charge in [0, 0.05) is 6.54 Å². The molecule has 1 fully saturated rings. The van der Waals surface area contributed by atoms with Gasteiger partial charge < -0.3 is 9.73 Å². The molecule has 1 aromatic rings. The Morgan fingerprint density at radius 2 is 2.55 bits per heavy atom. The van der Waals surface area contributed by atoms with E-state index in [4.69, 9.17) is 4.42 Å². The third-order valence-corrected chi connectivity index (χ3v) is 2.13. The SMILES string of the molecule is CC1(CNc2nnco2)CC1. The van der Waals surface area contributed by atoms with Crippen LogP contribution in [0.4, 0.5) is 6.01 Å². The zero-order valence-corrected chi connectivity index (χ0v) is 6.50. The van der Waals surface area contributed by atoms with E-state index in [1.54, 1.807) is 0 Å². The summed E-state index contributed by atoms with van der Waals surface area (Å²) in [6, 6.07) is 0.526. The number of aromatic nitrogens is 2. The van der Waals surface area contributed by atoms with Gasteiger partial charge in [-0.2, -0.15) is 0 Å². The number of hydrogen-bond donors (Lipinski definition) is 1. The Hall–Kier alpha value is -1.06. The van der Waals surface area contributed by atoms with E-state index in [1.807, 2.05) is 0 Å². The van der Waals surface area contributed by atoms with Crippen molar-refractivity contribution in [3.8, 4) is 0 Å². The highest BCUT2D eigenvalue weighted by Gasteiger charge is 2.37. The van der Waals surface area contributed by atoms with E-state index < -0.39 is 0 Å². The van der Waals surface area contributed by atoms with Crippen LogP contribution in [0.25, 0.3) is 0 Å². The molecule has 1 aliphatic carbocycles. The largest absolute Gasteiger partial charge is 0.411 e. The van der Waals surface area contributed by atoms with Crippen molar-refractivity contribution < 1.29 is 4.42 Å². The Morgan fingerprint density at radius 1 is 1.73 bits per heavy atom. The Kier molecular flexibility index (Phi) is 1.34. The third-order valence-electron chi connectivity index (χ3n) is 2.13. The van der Waals surface area contributed by atoms with Gasteiger partial charge in [0.05, 0.1) is 0 Å². The highest BCUT2D eigenvalue weighted by molar-refractivity contribution is 5.17. The normalized spacial score (nSPS) is 19.7. The first-order valence-electron chi connectivity index (χ1n) is 3.79. The van der Waals surface area contributed by atoms with Crippen LogP contribution in [0.1, 0.15) is 19.8 Å². The number of nitrogens with zero attached hydrogens (tertiary/aromatic N) is 2. The summed E-state index contributed by atoms with van der Waals surface area (Å²) < 4.78 is 4.92. The summed E-state index contributed by atoms with van der Waals surface area (Å²) in [5, 5.41) is 10.4. The lowest BCUT2D eigenvalue weighted by Gasteiger charge is -2.06. The lowest BCUT2D eigenvalue weighted by atomic mass is 10.1. The van der Waals surface area contributed by atoms with Crippen molar-refractivity contribution in [2.45, 2.75) is 19.8 Å². The standard InChI is InChI=1S/C7H11N3O/c1-7(2-3-7)4-8-6-10-9-5-11-6/h5H,2-4H2,1H3,(H,8,10). The van der Waals surface area contributed by atoms with Gasteiger partial charge in [-0.3, -0.25) is 0 Å². The van der Waals surface area contributed by atoms with Crippen molar-refractivity contribution >= 4 is 6.01 Å². The lowest BCUT2D eigenvalue weighted by Crippen LogP contribution is -2.11. The molecule has 1 saturated carbocycles. The fourth-order valence-electron chi connectivity index (χ4n) is 0.929. The average Bonchev–Trinajstić information content (AvgIpc) is 2.53. The quantitative estimate of drug-likeness (QED) is 0.710. The summed E-state index contributed by atoms with van der Waals surface area (Å²) in [4.78, 5) is 0. The van der Waals surface area contributed by atoms with Crippen molar-refractivity contribution in [2.24, 2.45) is 5.41 Å². The van der Waals surface area contributed by atoms with Crippen LogP contribution in [-0.4, -0.2) is 16.7 Å². The second-order valence-electron chi connectivity index (χ2n) is 3.41. The van der Waals surface area contributed by atoms with Gasteiger partial charge in [-0.15, -0.1) is 5.10 Å². The van der Waals surface area contributed by atoms with Gasteiger partial charge in [0.25, 0.3) is 0 Å². The lowest BCUT2D eigenvalue weighted by molar-refractivity contribution is 0.543. The smallest absolute Gasteiger partial charge is 0.315 e. The van der Waals surface area contributed by atoms with E-state index in [0.717, 1.165) is 6.54 Å². The zero-order valence-electron chi connectivity index (χ0n) is 6.50. The molecule has 4 nitrogen and oxygen atoms in total. The van der Waals surface area contributed by atoms with Gasteiger partial charge in [-0.1, -0.05) is 12.0 Å². The first-order chi connectivity index (χ1) is 5.29. The maximum atomic E-state index is 4.92. The second-order valence-corrected chi connectivity index (χ2v) is 3.41. The fraction of sp³-hybridized carbons (Fsp3) is 0.714. The van der Waals surface area contributed by atoms with Crippen LogP contribution in [0, 0.1) is 5.41 Å². The first kappa shape index (κ1) is 6.64. The molecule has 0 spiro atoms. The minimum atomic E-state index is 0.481. The monoisotopic (exact) mass is 153 g/mol. The Balaban J connectivity index is 1.83. The van der Waals surface area contributed by atoms with Crippen molar-refractivity contribution in [1.29, 1.82) is 0 Å². The van der Waals surface area contributed by atoms with Crippen LogP contribution in [0.5, 0.6) is 0 Å². The van der Waals surface area contributed by atoms with Gasteiger partial charge in [0.2, 0.25) is 6.39 Å². The van der Waals surface area contributed by atoms with E-state index in [2.05, 4.69) is 22.4 Å². The molecule has 0 bridgehead atoms. The highest BCUT2D eigenvalue weighted by Crippen LogP contribution is 2.44. The highest BCUT2D eigenvalue weighted by atomic mass is 16.4. The number of nitrogens with one attached hydrogen (secondary N) is 1. The van der Waals surface area contributed by atoms with Gasteiger partial charge >= 0.3 is 6.01 Å². The summed E-state index contributed by atoms with van der Waals surface area (Å²) >= 11 is 0. The molecular formula is C7H11N3O. The summed E-state index contributed by atoms with van der Waals surface area (Å²) in [6.45, 7) is 3.19. The number of rotatable bonds is 3. The summed E-state index contributed by atoms with van der Waals surface area (Å²) in [6.07, 6.45) is 3.93. The van der Waals surface area contributed by atoms with E-state index in [0.29, 0.717) is 11.4 Å². The molecule has 1 N–H and O–H groups in total. The molecule has 2 rings (SSSR count). The first-order valence-corrected chi connectivity index (χ1v) is 3.79. The summed E-state index contributed by atoms with van der Waals surface area (Å²) in [7, 11) is 0. The van der Waals surface area contributed by atoms with Gasteiger partial charge in [0.1, 0.15) is 0 Å². The average molecular weight is 153 g/mol. The number of anilines is 1. The minimum absolute atomic E-state index is 0.481. The molecule has 0 aromatic carbocycles. The van der Waals surface area contributed by atoms with E-state index >= 15 is 0 Å². The van der Waals surface area contributed by atoms with Gasteiger partial charge in [-0.05, 0) is 18.3 Å². The summed E-state index contributed by atoms with van der Waals surface area (Å²) in [5.41, 5.74) is 0.481. The second kappa shape index (κ2) is 2.22. The van der Waals surface area contributed by atoms with Gasteiger partial charge in [-0.25, -0.2) is 0 Å². The molecule has 0 unspecified atom stereocenters. The molecule has 4 heteroatoms. The van der Waals surface area contributed by atoms with Crippen LogP contribution in [0.3, 0.4) is 0 Å². The molecule has 1 aliphatic rings. The van der Waals surface area contributed by atoms with Crippen LogP contribution in [0.2, 0.25) is 0 Å². The molecule has 11 heavy (non-hydrogen) atoms. The van der Waals surface area contributed by atoms with Crippen molar-refractivity contribution in [2.75, 3.05) is 11.9 Å². The van der Waals surface area contributed by atoms with Crippen molar-refractivity contribution in [3.63, 3.8) is 0 Å². The van der Waals surface area contributed by atoms with E-state index in [9.17, 15) is 0 Å². The topological polar surface area (TPSA) is 51.0 Å². The molecule has 0 aliphatic heterocycles. The van der Waals surface area contributed by atoms with Crippen molar-refractivity contribution in [1.82, 2.24) is 10.2 Å². The van der Waals surface area contributed by atoms with Crippen LogP contribution in [-0.2, 0) is 0 Å². The predicted molar refractivity (Wildman–Crippen MR) is 40.1 cm³/mol. The van der Waals surface area contributed by atoms with Crippen LogP contribution >= 0.6 is 0 Å². The zero-order chi connectivity index (χ0) is 7.73. The molecule has 1 heterocycles. The third kappa shape index (κ3) is 1.50. The molecule has 1 aromatic heterocycles. The summed E-state index contributed by atoms with van der Waals surface area (Å²) in [5.74, 6) is 0. The number of hydrogen-bond acceptors (Lipinski definition) is 4. The maximum Gasteiger partial charge on any atom is 0.315 e. The maximum absolute atomic E-state index is 4.92. The molecule has 0 amide bonds. The van der Waals surface area contributed by atoms with Crippen LogP contribution < -0.4 is 5.32 Å². The predicted octanol–water partition coefficient (Wildman–Crippen LogP) is 1.28. The Morgan fingerprint density at radius 3 is 3.09 bits per heavy atom. The molecular weight excluding hydrogens is 142 g/mol. The fourth-order valence-corrected chi connectivity index (χ4v) is 0.929. The molecule has 0 atom stereocenters. The van der Waals surface area contributed by atoms with Crippen LogP contribution in [0.15, 0.2) is 10.8 Å². The Labute approximate surface area is 65.0 Å². The molecule has 0 saturated heterocycles. The van der Waals surface area contributed by atoms with E-state index in [-0.39, 0.29) is 0 Å². The molecule has 0 radical (unpaired) electrons.